The van der Waals surface area contributed by atoms with E-state index < -0.39 is 0 Å². The van der Waals surface area contributed by atoms with Crippen molar-refractivity contribution in [1.82, 2.24) is 5.43 Å². The van der Waals surface area contributed by atoms with E-state index in [-0.39, 0.29) is 18.5 Å². The number of nitrogens with zero attached hydrogens (tertiary/aromatic N) is 1. The van der Waals surface area contributed by atoms with Gasteiger partial charge in [-0.15, -0.1) is 0 Å². The third kappa shape index (κ3) is 5.80. The minimum atomic E-state index is -0.390. The lowest BCUT2D eigenvalue weighted by Crippen LogP contribution is -2.24. The number of carbonyl (C=O) groups is 2. The lowest BCUT2D eigenvalue weighted by Gasteiger charge is -2.04. The second-order valence-electron chi connectivity index (χ2n) is 5.90. The van der Waals surface area contributed by atoms with Crippen LogP contribution in [0.3, 0.4) is 0 Å². The van der Waals surface area contributed by atoms with Crippen molar-refractivity contribution in [3.8, 4) is 17.1 Å². The average molecular weight is 392 g/mol. The van der Waals surface area contributed by atoms with Gasteiger partial charge in [0.1, 0.15) is 17.3 Å². The largest absolute Gasteiger partial charge is 0.484 e. The molecule has 2 aromatic carbocycles. The molecule has 29 heavy (non-hydrogen) atoms. The molecular formula is C22H20N2O5. The molecule has 0 aliphatic carbocycles. The van der Waals surface area contributed by atoms with Gasteiger partial charge in [0.05, 0.1) is 18.4 Å². The van der Waals surface area contributed by atoms with Crippen LogP contribution in [-0.4, -0.2) is 31.3 Å². The Morgan fingerprint density at radius 1 is 1.07 bits per heavy atom. The molecule has 0 fully saturated rings. The van der Waals surface area contributed by atoms with Crippen LogP contribution in [-0.2, 0) is 9.53 Å². The monoisotopic (exact) mass is 392 g/mol. The van der Waals surface area contributed by atoms with Crippen LogP contribution in [0.25, 0.3) is 11.3 Å². The number of hydrogen-bond donors (Lipinski definition) is 1. The van der Waals surface area contributed by atoms with Crippen molar-refractivity contribution in [2.24, 2.45) is 5.10 Å². The molecule has 0 atom stereocenters. The van der Waals surface area contributed by atoms with E-state index in [1.165, 1.54) is 6.21 Å². The molecule has 148 valence electrons. The van der Waals surface area contributed by atoms with Crippen LogP contribution < -0.4 is 10.2 Å². The van der Waals surface area contributed by atoms with Crippen LogP contribution in [0.1, 0.15) is 23.0 Å². The van der Waals surface area contributed by atoms with Crippen molar-refractivity contribution in [2.45, 2.75) is 6.92 Å². The molecule has 0 saturated carbocycles. The maximum Gasteiger partial charge on any atom is 0.338 e. The number of esters is 1. The maximum absolute atomic E-state index is 11.9. The summed E-state index contributed by atoms with van der Waals surface area (Å²) in [4.78, 5) is 23.6. The number of furan rings is 1. The van der Waals surface area contributed by atoms with Gasteiger partial charge in [-0.3, -0.25) is 4.79 Å². The van der Waals surface area contributed by atoms with E-state index in [0.29, 0.717) is 29.4 Å². The van der Waals surface area contributed by atoms with Crippen LogP contribution in [0.4, 0.5) is 0 Å². The van der Waals surface area contributed by atoms with Crippen molar-refractivity contribution >= 4 is 18.1 Å². The zero-order chi connectivity index (χ0) is 20.5. The van der Waals surface area contributed by atoms with E-state index in [2.05, 4.69) is 10.5 Å². The number of carbonyl (C=O) groups excluding carboxylic acids is 2. The molecule has 1 heterocycles. The van der Waals surface area contributed by atoms with Gasteiger partial charge in [0, 0.05) is 5.56 Å². The van der Waals surface area contributed by atoms with E-state index in [4.69, 9.17) is 13.9 Å². The van der Waals surface area contributed by atoms with Crippen molar-refractivity contribution < 1.29 is 23.5 Å². The topological polar surface area (TPSA) is 90.1 Å². The highest BCUT2D eigenvalue weighted by Gasteiger charge is 2.10. The first-order chi connectivity index (χ1) is 14.2. The van der Waals surface area contributed by atoms with E-state index in [1.54, 1.807) is 49.4 Å². The summed E-state index contributed by atoms with van der Waals surface area (Å²) in [5, 5.41) is 3.86. The predicted octanol–water partition coefficient (Wildman–Crippen LogP) is 3.65. The zero-order valence-electron chi connectivity index (χ0n) is 15.8. The van der Waals surface area contributed by atoms with E-state index in [1.807, 2.05) is 24.3 Å². The van der Waals surface area contributed by atoms with Gasteiger partial charge in [-0.2, -0.15) is 5.10 Å². The van der Waals surface area contributed by atoms with Crippen molar-refractivity contribution in [1.29, 1.82) is 0 Å². The van der Waals surface area contributed by atoms with Gasteiger partial charge in [0.2, 0.25) is 0 Å². The number of benzene rings is 2. The number of para-hydroxylation sites is 1. The number of nitrogens with one attached hydrogen (secondary N) is 1. The SMILES string of the molecule is CCOC(=O)c1cccc(-c2ccc(/C=N\NC(=O)COc3ccccc3)o2)c1. The molecule has 0 saturated heterocycles. The Hall–Kier alpha value is -3.87. The van der Waals surface area contributed by atoms with Gasteiger partial charge in [0.25, 0.3) is 5.91 Å². The Labute approximate surface area is 167 Å². The fourth-order valence-corrected chi connectivity index (χ4v) is 2.46. The normalized spacial score (nSPS) is 10.7. The Morgan fingerprint density at radius 3 is 2.69 bits per heavy atom. The lowest BCUT2D eigenvalue weighted by molar-refractivity contribution is -0.123. The molecule has 0 spiro atoms. The number of amides is 1. The molecule has 7 heteroatoms. The Bertz CT molecular complexity index is 995. The molecule has 1 N–H and O–H groups in total. The summed E-state index contributed by atoms with van der Waals surface area (Å²) < 4.78 is 16.0. The van der Waals surface area contributed by atoms with Crippen molar-refractivity contribution in [3.63, 3.8) is 0 Å². The molecule has 0 aliphatic heterocycles. The Kier molecular flexibility index (Phi) is 6.78. The minimum Gasteiger partial charge on any atom is -0.484 e. The molecular weight excluding hydrogens is 372 g/mol. The number of hydrogen-bond acceptors (Lipinski definition) is 6. The highest BCUT2D eigenvalue weighted by Crippen LogP contribution is 2.23. The summed E-state index contributed by atoms with van der Waals surface area (Å²) >= 11 is 0. The fourth-order valence-electron chi connectivity index (χ4n) is 2.46. The maximum atomic E-state index is 11.9. The van der Waals surface area contributed by atoms with Gasteiger partial charge in [-0.25, -0.2) is 10.2 Å². The minimum absolute atomic E-state index is 0.147. The number of ether oxygens (including phenoxy) is 2. The highest BCUT2D eigenvalue weighted by molar-refractivity contribution is 5.91. The molecule has 0 radical (unpaired) electrons. The second kappa shape index (κ2) is 9.89. The summed E-state index contributed by atoms with van der Waals surface area (Å²) in [6, 6.07) is 19.5. The molecule has 1 aromatic heterocycles. The van der Waals surface area contributed by atoms with Gasteiger partial charge in [-0.1, -0.05) is 30.3 Å². The molecule has 0 bridgehead atoms. The van der Waals surface area contributed by atoms with Crippen LogP contribution in [0, 0.1) is 0 Å². The second-order valence-corrected chi connectivity index (χ2v) is 5.90. The summed E-state index contributed by atoms with van der Waals surface area (Å²) in [5.74, 6) is 0.844. The number of hydrazone groups is 1. The third-order valence-corrected chi connectivity index (χ3v) is 3.78. The van der Waals surface area contributed by atoms with E-state index in [0.717, 1.165) is 5.56 Å². The van der Waals surface area contributed by atoms with Crippen LogP contribution in [0.15, 0.2) is 76.2 Å². The molecule has 1 amide bonds. The first-order valence-corrected chi connectivity index (χ1v) is 9.03. The van der Waals surface area contributed by atoms with Crippen LogP contribution in [0.5, 0.6) is 5.75 Å². The van der Waals surface area contributed by atoms with Gasteiger partial charge in [-0.05, 0) is 43.3 Å². The zero-order valence-corrected chi connectivity index (χ0v) is 15.8. The highest BCUT2D eigenvalue weighted by atomic mass is 16.5. The molecule has 0 aliphatic rings. The van der Waals surface area contributed by atoms with Gasteiger partial charge < -0.3 is 13.9 Å². The molecule has 0 unspecified atom stereocenters. The van der Waals surface area contributed by atoms with E-state index in [9.17, 15) is 9.59 Å². The third-order valence-electron chi connectivity index (χ3n) is 3.78. The van der Waals surface area contributed by atoms with Crippen LogP contribution in [0.2, 0.25) is 0 Å². The summed E-state index contributed by atoms with van der Waals surface area (Å²) in [6.07, 6.45) is 1.39. The summed E-state index contributed by atoms with van der Waals surface area (Å²) in [6.45, 7) is 1.92. The predicted molar refractivity (Wildman–Crippen MR) is 108 cm³/mol. The molecule has 3 rings (SSSR count). The molecule has 3 aromatic rings. The van der Waals surface area contributed by atoms with Crippen molar-refractivity contribution in [3.05, 3.63) is 78.1 Å². The average Bonchev–Trinajstić information content (AvgIpc) is 3.22. The number of rotatable bonds is 8. The molecule has 7 nitrogen and oxygen atoms in total. The summed E-state index contributed by atoms with van der Waals surface area (Å²) in [5.41, 5.74) is 3.55. The Morgan fingerprint density at radius 2 is 1.90 bits per heavy atom. The van der Waals surface area contributed by atoms with Gasteiger partial charge >= 0.3 is 5.97 Å². The fraction of sp³-hybridized carbons (Fsp3) is 0.136. The standard InChI is InChI=1S/C22H20N2O5/c1-2-27-22(26)17-8-6-7-16(13-17)20-12-11-19(29-20)14-23-24-21(25)15-28-18-9-4-3-5-10-18/h3-14H,2,15H2,1H3,(H,24,25)/b23-14-. The van der Waals surface area contributed by atoms with E-state index >= 15 is 0 Å². The van der Waals surface area contributed by atoms with Crippen molar-refractivity contribution in [2.75, 3.05) is 13.2 Å². The van der Waals surface area contributed by atoms with Gasteiger partial charge in [0.15, 0.2) is 6.61 Å². The quantitative estimate of drug-likeness (QED) is 0.359. The van der Waals surface area contributed by atoms with Crippen LogP contribution >= 0.6 is 0 Å². The smallest absolute Gasteiger partial charge is 0.338 e. The first kappa shape index (κ1) is 19.9. The summed E-state index contributed by atoms with van der Waals surface area (Å²) in [7, 11) is 0. The Balaban J connectivity index is 1.55. The first-order valence-electron chi connectivity index (χ1n) is 9.03. The lowest BCUT2D eigenvalue weighted by atomic mass is 10.1.